The summed E-state index contributed by atoms with van der Waals surface area (Å²) in [6, 6.07) is 2.27. The van der Waals surface area contributed by atoms with Crippen molar-refractivity contribution in [3.8, 4) is 0 Å². The number of carboxylic acids is 1. The molecule has 1 fully saturated rings. The largest absolute Gasteiger partial charge is 0.478 e. The highest BCUT2D eigenvalue weighted by atomic mass is 35.5. The zero-order valence-corrected chi connectivity index (χ0v) is 12.3. The first-order valence-electron chi connectivity index (χ1n) is 6.16. The first-order valence-corrected chi connectivity index (χ1v) is 6.92. The Labute approximate surface area is 126 Å². The molecule has 5 nitrogen and oxygen atoms in total. The monoisotopic (exact) mass is 316 g/mol. The van der Waals surface area contributed by atoms with Crippen molar-refractivity contribution in [2.45, 2.75) is 25.8 Å². The summed E-state index contributed by atoms with van der Waals surface area (Å²) >= 11 is 11.9. The molecule has 0 radical (unpaired) electrons. The Hall–Kier alpha value is -1.46. The van der Waals surface area contributed by atoms with Crippen LogP contribution in [0.5, 0.6) is 0 Å². The van der Waals surface area contributed by atoms with Gasteiger partial charge >= 0.3 is 12.0 Å². The Balaban J connectivity index is 2.05. The van der Waals surface area contributed by atoms with E-state index in [1.54, 1.807) is 0 Å². The number of nitrogens with one attached hydrogen (secondary N) is 2. The van der Waals surface area contributed by atoms with Gasteiger partial charge < -0.3 is 15.7 Å². The number of carbonyl (C=O) groups excluding carboxylic acids is 1. The summed E-state index contributed by atoms with van der Waals surface area (Å²) in [5, 5.41) is 14.4. The molecular formula is C13H14Cl2N2O3. The molecule has 2 rings (SSSR count). The summed E-state index contributed by atoms with van der Waals surface area (Å²) < 4.78 is 0. The Kier molecular flexibility index (Phi) is 4.40. The number of carbonyl (C=O) groups is 2. The molecule has 2 amide bonds. The van der Waals surface area contributed by atoms with Crippen LogP contribution in [-0.4, -0.2) is 23.1 Å². The molecule has 20 heavy (non-hydrogen) atoms. The Morgan fingerprint density at radius 2 is 1.80 bits per heavy atom. The number of urea groups is 1. The van der Waals surface area contributed by atoms with E-state index in [9.17, 15) is 9.59 Å². The maximum atomic E-state index is 11.8. The third kappa shape index (κ3) is 3.35. The van der Waals surface area contributed by atoms with Crippen LogP contribution in [0.3, 0.4) is 0 Å². The molecule has 0 aliphatic heterocycles. The summed E-state index contributed by atoms with van der Waals surface area (Å²) in [5.41, 5.74) is 0.182. The summed E-state index contributed by atoms with van der Waals surface area (Å²) in [6.07, 6.45) is 1.90. The minimum atomic E-state index is -1.13. The molecule has 7 heteroatoms. The molecule has 108 valence electrons. The van der Waals surface area contributed by atoms with Gasteiger partial charge in [-0.2, -0.15) is 0 Å². The van der Waals surface area contributed by atoms with Gasteiger partial charge in [-0.3, -0.25) is 0 Å². The SMILES string of the molecule is CC1CC(NC(=O)Nc2c(Cl)cc(C(=O)O)cc2Cl)C1. The first-order chi connectivity index (χ1) is 9.36. The minimum absolute atomic E-state index is 0.0289. The van der Waals surface area contributed by atoms with Gasteiger partial charge in [0.05, 0.1) is 21.3 Å². The molecule has 0 bridgehead atoms. The minimum Gasteiger partial charge on any atom is -0.478 e. The van der Waals surface area contributed by atoms with Crippen molar-refractivity contribution in [3.63, 3.8) is 0 Å². The molecule has 0 unspecified atom stereocenters. The van der Waals surface area contributed by atoms with E-state index >= 15 is 0 Å². The van der Waals surface area contributed by atoms with Crippen molar-refractivity contribution in [1.82, 2.24) is 5.32 Å². The second-order valence-electron chi connectivity index (χ2n) is 4.99. The molecule has 1 aromatic rings. The fourth-order valence-electron chi connectivity index (χ4n) is 2.17. The summed E-state index contributed by atoms with van der Waals surface area (Å²) in [6.45, 7) is 2.12. The zero-order chi connectivity index (χ0) is 14.9. The maximum Gasteiger partial charge on any atom is 0.335 e. The van der Waals surface area contributed by atoms with E-state index in [1.165, 1.54) is 12.1 Å². The third-order valence-electron chi connectivity index (χ3n) is 3.24. The maximum absolute atomic E-state index is 11.8. The van der Waals surface area contributed by atoms with E-state index < -0.39 is 12.0 Å². The highest BCUT2D eigenvalue weighted by Gasteiger charge is 2.27. The highest BCUT2D eigenvalue weighted by Crippen LogP contribution is 2.32. The van der Waals surface area contributed by atoms with Crippen LogP contribution in [-0.2, 0) is 0 Å². The fraction of sp³-hybridized carbons (Fsp3) is 0.385. The van der Waals surface area contributed by atoms with Crippen LogP contribution in [0.4, 0.5) is 10.5 Å². The van der Waals surface area contributed by atoms with Crippen molar-refractivity contribution < 1.29 is 14.7 Å². The normalized spacial score (nSPS) is 20.9. The topological polar surface area (TPSA) is 78.4 Å². The standard InChI is InChI=1S/C13H14Cl2N2O3/c1-6-2-8(3-6)16-13(20)17-11-9(14)4-7(12(18)19)5-10(11)15/h4-6,8H,2-3H2,1H3,(H,18,19)(H2,16,17,20). The summed E-state index contributed by atoms with van der Waals surface area (Å²) in [7, 11) is 0. The number of halogens is 2. The summed E-state index contributed by atoms with van der Waals surface area (Å²) in [4.78, 5) is 22.6. The lowest BCUT2D eigenvalue weighted by atomic mass is 9.82. The van der Waals surface area contributed by atoms with E-state index in [2.05, 4.69) is 17.6 Å². The van der Waals surface area contributed by atoms with Crippen molar-refractivity contribution >= 4 is 40.9 Å². The van der Waals surface area contributed by atoms with Gasteiger partial charge in [0.1, 0.15) is 0 Å². The lowest BCUT2D eigenvalue weighted by Gasteiger charge is -2.33. The van der Waals surface area contributed by atoms with Crippen LogP contribution in [0.25, 0.3) is 0 Å². The number of benzene rings is 1. The smallest absolute Gasteiger partial charge is 0.335 e. The molecule has 1 aromatic carbocycles. The van der Waals surface area contributed by atoms with E-state index in [-0.39, 0.29) is 27.3 Å². The van der Waals surface area contributed by atoms with Gasteiger partial charge in [-0.15, -0.1) is 0 Å². The van der Waals surface area contributed by atoms with Gasteiger partial charge in [-0.25, -0.2) is 9.59 Å². The zero-order valence-electron chi connectivity index (χ0n) is 10.7. The lowest BCUT2D eigenvalue weighted by Crippen LogP contribution is -2.45. The molecule has 0 spiro atoms. The number of carboxylic acid groups (broad SMARTS) is 1. The molecule has 0 aromatic heterocycles. The Morgan fingerprint density at radius 1 is 1.25 bits per heavy atom. The van der Waals surface area contributed by atoms with Crippen LogP contribution in [0.1, 0.15) is 30.1 Å². The van der Waals surface area contributed by atoms with Crippen LogP contribution in [0.2, 0.25) is 10.0 Å². The number of aromatic carboxylic acids is 1. The molecule has 0 atom stereocenters. The van der Waals surface area contributed by atoms with Crippen molar-refractivity contribution in [2.75, 3.05) is 5.32 Å². The van der Waals surface area contributed by atoms with Gasteiger partial charge in [0.2, 0.25) is 0 Å². The molecule has 1 saturated carbocycles. The number of anilines is 1. The fourth-order valence-corrected chi connectivity index (χ4v) is 2.75. The Morgan fingerprint density at radius 3 is 2.25 bits per heavy atom. The van der Waals surface area contributed by atoms with Crippen LogP contribution >= 0.6 is 23.2 Å². The summed E-state index contributed by atoms with van der Waals surface area (Å²) in [5.74, 6) is -0.504. The van der Waals surface area contributed by atoms with Crippen molar-refractivity contribution in [2.24, 2.45) is 5.92 Å². The number of rotatable bonds is 3. The lowest BCUT2D eigenvalue weighted by molar-refractivity contribution is 0.0697. The molecule has 0 heterocycles. The second-order valence-corrected chi connectivity index (χ2v) is 5.81. The predicted octanol–water partition coefficient (Wildman–Crippen LogP) is 3.61. The van der Waals surface area contributed by atoms with Crippen LogP contribution in [0, 0.1) is 5.92 Å². The third-order valence-corrected chi connectivity index (χ3v) is 3.83. The van der Waals surface area contributed by atoms with Crippen molar-refractivity contribution in [3.05, 3.63) is 27.7 Å². The average Bonchev–Trinajstić information content (AvgIpc) is 2.31. The number of amides is 2. The molecule has 0 saturated heterocycles. The van der Waals surface area contributed by atoms with Gasteiger partial charge in [0.15, 0.2) is 0 Å². The number of hydrogen-bond donors (Lipinski definition) is 3. The Bertz CT molecular complexity index is 534. The van der Waals surface area contributed by atoms with Crippen LogP contribution in [0.15, 0.2) is 12.1 Å². The highest BCUT2D eigenvalue weighted by molar-refractivity contribution is 6.40. The van der Waals surface area contributed by atoms with Gasteiger partial charge in [-0.1, -0.05) is 30.1 Å². The van der Waals surface area contributed by atoms with E-state index in [0.29, 0.717) is 5.92 Å². The van der Waals surface area contributed by atoms with E-state index in [0.717, 1.165) is 12.8 Å². The molecule has 1 aliphatic carbocycles. The van der Waals surface area contributed by atoms with E-state index in [4.69, 9.17) is 28.3 Å². The van der Waals surface area contributed by atoms with Gasteiger partial charge in [0, 0.05) is 6.04 Å². The number of hydrogen-bond acceptors (Lipinski definition) is 2. The van der Waals surface area contributed by atoms with Gasteiger partial charge in [-0.05, 0) is 30.9 Å². The molecule has 3 N–H and O–H groups in total. The second kappa shape index (κ2) is 5.89. The van der Waals surface area contributed by atoms with Gasteiger partial charge in [0.25, 0.3) is 0 Å². The molecular weight excluding hydrogens is 303 g/mol. The van der Waals surface area contributed by atoms with E-state index in [1.807, 2.05) is 0 Å². The first kappa shape index (κ1) is 14.9. The average molecular weight is 317 g/mol. The van der Waals surface area contributed by atoms with Crippen LogP contribution < -0.4 is 10.6 Å². The molecule has 1 aliphatic rings. The predicted molar refractivity (Wildman–Crippen MR) is 77.8 cm³/mol. The van der Waals surface area contributed by atoms with Crippen molar-refractivity contribution in [1.29, 1.82) is 0 Å². The quantitative estimate of drug-likeness (QED) is 0.797.